The summed E-state index contributed by atoms with van der Waals surface area (Å²) in [6, 6.07) is 4.33. The monoisotopic (exact) mass is 265 g/mol. The Morgan fingerprint density at radius 3 is 1.94 bits per heavy atom. The molecule has 1 rings (SSSR count). The van der Waals surface area contributed by atoms with Gasteiger partial charge in [0.2, 0.25) is 0 Å². The Balaban J connectivity index is 0.000000494. The third kappa shape index (κ3) is 14.9. The van der Waals surface area contributed by atoms with Crippen LogP contribution in [0.5, 0.6) is 0 Å². The van der Waals surface area contributed by atoms with E-state index >= 15 is 0 Å². The van der Waals surface area contributed by atoms with Gasteiger partial charge >= 0.3 is 7.25 Å². The summed E-state index contributed by atoms with van der Waals surface area (Å²) in [7, 11) is -6.00. The highest BCUT2D eigenvalue weighted by molar-refractivity contribution is 6.50. The molecule has 18 heavy (non-hydrogen) atoms. The maximum Gasteiger partial charge on any atom is 0.673 e. The van der Waals surface area contributed by atoms with Crippen molar-refractivity contribution in [2.75, 3.05) is 0 Å². The molecule has 1 nitrogen and oxygen atoms in total. The number of rotatable bonds is 6. The van der Waals surface area contributed by atoms with Gasteiger partial charge in [-0.25, -0.2) is 4.98 Å². The van der Waals surface area contributed by atoms with Crippen LogP contribution < -0.4 is 4.98 Å². The van der Waals surface area contributed by atoms with Gasteiger partial charge in [-0.2, -0.15) is 0 Å². The molecule has 1 aromatic heterocycles. The largest absolute Gasteiger partial charge is 0.673 e. The summed E-state index contributed by atoms with van der Waals surface area (Å²) in [5, 5.41) is 0. The van der Waals surface area contributed by atoms with Crippen LogP contribution in [0.2, 0.25) is 0 Å². The maximum atomic E-state index is 9.75. The second-order valence-electron chi connectivity index (χ2n) is 4.07. The van der Waals surface area contributed by atoms with Gasteiger partial charge in [0.1, 0.15) is 0 Å². The molecule has 0 fully saturated rings. The Labute approximate surface area is 106 Å². The molecule has 0 unspecified atom stereocenters. The summed E-state index contributed by atoms with van der Waals surface area (Å²) in [6.07, 6.45) is 12.1. The fourth-order valence-electron chi connectivity index (χ4n) is 1.52. The average molecular weight is 265 g/mol. The van der Waals surface area contributed by atoms with E-state index in [1.54, 1.807) is 0 Å². The molecule has 0 aromatic carbocycles. The number of aromatic amines is 1. The zero-order valence-electron chi connectivity index (χ0n) is 10.6. The minimum absolute atomic E-state index is 1.23. The summed E-state index contributed by atoms with van der Waals surface area (Å²) in [4.78, 5) is 3.04. The van der Waals surface area contributed by atoms with E-state index in [2.05, 4.69) is 24.0 Å². The van der Waals surface area contributed by atoms with Crippen molar-refractivity contribution >= 4 is 7.25 Å². The third-order valence-corrected chi connectivity index (χ3v) is 2.36. The zero-order chi connectivity index (χ0) is 13.9. The minimum atomic E-state index is -6.00. The van der Waals surface area contributed by atoms with Crippen molar-refractivity contribution in [2.45, 2.75) is 45.4 Å². The quantitative estimate of drug-likeness (QED) is 0.413. The topological polar surface area (TPSA) is 14.1 Å². The van der Waals surface area contributed by atoms with Gasteiger partial charge in [0.05, 0.1) is 0 Å². The van der Waals surface area contributed by atoms with Crippen LogP contribution in [-0.4, -0.2) is 7.25 Å². The average Bonchev–Trinajstić information content (AvgIpc) is 2.28. The normalized spacial score (nSPS) is 10.7. The van der Waals surface area contributed by atoms with Crippen molar-refractivity contribution < 1.29 is 22.2 Å². The maximum absolute atomic E-state index is 9.75. The molecule has 0 amide bonds. The highest BCUT2D eigenvalue weighted by atomic mass is 19.5. The van der Waals surface area contributed by atoms with E-state index in [0.29, 0.717) is 0 Å². The van der Waals surface area contributed by atoms with Crippen molar-refractivity contribution in [1.29, 1.82) is 0 Å². The molecule has 0 aliphatic heterocycles. The number of halogens is 4. The number of H-pyrrole nitrogens is 1. The predicted octanol–water partition coefficient (Wildman–Crippen LogP) is 4.31. The van der Waals surface area contributed by atoms with Crippen LogP contribution in [0, 0.1) is 0 Å². The second-order valence-corrected chi connectivity index (χ2v) is 4.07. The van der Waals surface area contributed by atoms with E-state index in [-0.39, 0.29) is 0 Å². The molecule has 0 bridgehead atoms. The van der Waals surface area contributed by atoms with Gasteiger partial charge in [0.15, 0.2) is 12.4 Å². The molecule has 0 aliphatic rings. The fourth-order valence-corrected chi connectivity index (χ4v) is 1.52. The first-order chi connectivity index (χ1) is 8.43. The smallest absolute Gasteiger partial charge is 0.418 e. The first kappa shape index (κ1) is 16.9. The van der Waals surface area contributed by atoms with E-state index < -0.39 is 7.25 Å². The van der Waals surface area contributed by atoms with Crippen molar-refractivity contribution in [1.82, 2.24) is 0 Å². The van der Waals surface area contributed by atoms with E-state index in [9.17, 15) is 17.3 Å². The standard InChI is InChI=1S/C12H19N.BF4/c1-2-3-4-5-6-7-12-8-10-13-11-9-12;2-1(3,4)5/h8-11H,2-7H2,1H3;/q;-1/p+1. The zero-order valence-corrected chi connectivity index (χ0v) is 10.6. The lowest BCUT2D eigenvalue weighted by Gasteiger charge is -1.99. The Morgan fingerprint density at radius 1 is 0.944 bits per heavy atom. The third-order valence-electron chi connectivity index (χ3n) is 2.36. The molecular formula is C12H20BF4N. The number of hydrogen-bond acceptors (Lipinski definition) is 0. The summed E-state index contributed by atoms with van der Waals surface area (Å²) >= 11 is 0. The van der Waals surface area contributed by atoms with Gasteiger partial charge in [-0.15, -0.1) is 0 Å². The van der Waals surface area contributed by atoms with Gasteiger partial charge in [-0.05, 0) is 18.4 Å². The van der Waals surface area contributed by atoms with Crippen LogP contribution >= 0.6 is 0 Å². The number of unbranched alkanes of at least 4 members (excludes halogenated alkanes) is 4. The lowest BCUT2D eigenvalue weighted by Crippen LogP contribution is -2.02. The van der Waals surface area contributed by atoms with Crippen molar-refractivity contribution in [2.24, 2.45) is 0 Å². The Morgan fingerprint density at radius 2 is 1.44 bits per heavy atom. The van der Waals surface area contributed by atoms with Crippen molar-refractivity contribution in [3.05, 3.63) is 30.1 Å². The van der Waals surface area contributed by atoms with Gasteiger partial charge in [-0.3, -0.25) is 0 Å². The van der Waals surface area contributed by atoms with Crippen molar-refractivity contribution in [3.8, 4) is 0 Å². The molecule has 0 aliphatic carbocycles. The number of pyridine rings is 1. The molecule has 1 aromatic rings. The molecule has 0 saturated carbocycles. The SMILES string of the molecule is CCCCCCCc1cc[nH+]cc1.F[B-](F)(F)F. The Bertz CT molecular complexity index is 284. The highest BCUT2D eigenvalue weighted by Gasteiger charge is 2.20. The number of aromatic nitrogens is 1. The minimum Gasteiger partial charge on any atom is -0.418 e. The van der Waals surface area contributed by atoms with Crippen LogP contribution in [0.3, 0.4) is 0 Å². The molecule has 6 heteroatoms. The molecule has 0 radical (unpaired) electrons. The summed E-state index contributed by atoms with van der Waals surface area (Å²) in [6.45, 7) is 2.26. The van der Waals surface area contributed by atoms with Crippen LogP contribution in [-0.2, 0) is 6.42 Å². The molecule has 0 atom stereocenters. The summed E-state index contributed by atoms with van der Waals surface area (Å²) in [5.74, 6) is 0. The van der Waals surface area contributed by atoms with Gasteiger partial charge in [-0.1, -0.05) is 32.6 Å². The number of hydrogen-bond donors (Lipinski definition) is 0. The Hall–Kier alpha value is -1.07. The van der Waals surface area contributed by atoms with Gasteiger partial charge in [0, 0.05) is 12.1 Å². The first-order valence-corrected chi connectivity index (χ1v) is 6.25. The second kappa shape index (κ2) is 9.91. The fraction of sp³-hybridized carbons (Fsp3) is 0.583. The predicted molar refractivity (Wildman–Crippen MR) is 65.6 cm³/mol. The molecular weight excluding hydrogens is 245 g/mol. The Kier molecular flexibility index (Phi) is 9.33. The lowest BCUT2D eigenvalue weighted by molar-refractivity contribution is -0.378. The van der Waals surface area contributed by atoms with Gasteiger partial charge in [0.25, 0.3) is 0 Å². The van der Waals surface area contributed by atoms with E-state index in [4.69, 9.17) is 0 Å². The summed E-state index contributed by atoms with van der Waals surface area (Å²) < 4.78 is 39.0. The first-order valence-electron chi connectivity index (χ1n) is 6.25. The van der Waals surface area contributed by atoms with E-state index in [0.717, 1.165) is 0 Å². The highest BCUT2D eigenvalue weighted by Crippen LogP contribution is 2.07. The summed E-state index contributed by atoms with van der Waals surface area (Å²) in [5.41, 5.74) is 1.45. The molecule has 0 saturated heterocycles. The molecule has 1 heterocycles. The lowest BCUT2D eigenvalue weighted by atomic mass is 10.1. The van der Waals surface area contributed by atoms with Crippen LogP contribution in [0.1, 0.15) is 44.6 Å². The molecule has 1 N–H and O–H groups in total. The number of aryl methyl sites for hydroxylation is 1. The van der Waals surface area contributed by atoms with Crippen molar-refractivity contribution in [3.63, 3.8) is 0 Å². The van der Waals surface area contributed by atoms with E-state index in [1.807, 2.05) is 12.4 Å². The number of nitrogens with one attached hydrogen (secondary N) is 1. The van der Waals surface area contributed by atoms with Crippen LogP contribution in [0.15, 0.2) is 24.5 Å². The van der Waals surface area contributed by atoms with E-state index in [1.165, 1.54) is 44.1 Å². The molecule has 0 spiro atoms. The van der Waals surface area contributed by atoms with Crippen LogP contribution in [0.4, 0.5) is 17.3 Å². The molecule has 104 valence electrons. The van der Waals surface area contributed by atoms with Gasteiger partial charge < -0.3 is 17.3 Å². The van der Waals surface area contributed by atoms with Crippen LogP contribution in [0.25, 0.3) is 0 Å².